The lowest BCUT2D eigenvalue weighted by atomic mass is 10.1. The minimum atomic E-state index is -0.190. The van der Waals surface area contributed by atoms with Gasteiger partial charge in [0.05, 0.1) is 12.8 Å². The molecule has 1 aromatic heterocycles. The zero-order valence-electron chi connectivity index (χ0n) is 11.5. The lowest BCUT2D eigenvalue weighted by molar-refractivity contribution is 0.416. The summed E-state index contributed by atoms with van der Waals surface area (Å²) >= 11 is 0. The first kappa shape index (κ1) is 13.1. The molecule has 3 rings (SSSR count). The summed E-state index contributed by atoms with van der Waals surface area (Å²) < 4.78 is 5.33. The van der Waals surface area contributed by atoms with E-state index >= 15 is 0 Å². The van der Waals surface area contributed by atoms with E-state index in [4.69, 9.17) is 4.74 Å². The van der Waals surface area contributed by atoms with E-state index in [2.05, 4.69) is 9.97 Å². The number of hydrogen-bond acceptors (Lipinski definition) is 3. The van der Waals surface area contributed by atoms with E-state index in [0.717, 1.165) is 11.1 Å². The minimum absolute atomic E-state index is 0.190. The fraction of sp³-hybridized carbons (Fsp3) is 0.0588. The van der Waals surface area contributed by atoms with Gasteiger partial charge < -0.3 is 9.72 Å². The van der Waals surface area contributed by atoms with Crippen molar-refractivity contribution in [1.29, 1.82) is 0 Å². The van der Waals surface area contributed by atoms with E-state index in [1.54, 1.807) is 7.11 Å². The number of benzene rings is 2. The monoisotopic (exact) mass is 278 g/mol. The van der Waals surface area contributed by atoms with Crippen LogP contribution in [0.2, 0.25) is 0 Å². The van der Waals surface area contributed by atoms with E-state index in [-0.39, 0.29) is 5.56 Å². The number of H-pyrrole nitrogens is 1. The third kappa shape index (κ3) is 2.69. The Morgan fingerprint density at radius 1 is 1.00 bits per heavy atom. The lowest BCUT2D eigenvalue weighted by Crippen LogP contribution is -2.08. The van der Waals surface area contributed by atoms with Gasteiger partial charge >= 0.3 is 0 Å². The second-order valence-corrected chi connectivity index (χ2v) is 4.55. The van der Waals surface area contributed by atoms with Crippen molar-refractivity contribution >= 4 is 0 Å². The van der Waals surface area contributed by atoms with Gasteiger partial charge in [0.15, 0.2) is 0 Å². The first-order chi connectivity index (χ1) is 10.3. The van der Waals surface area contributed by atoms with E-state index in [9.17, 15) is 4.79 Å². The molecule has 0 unspecified atom stereocenters. The second-order valence-electron chi connectivity index (χ2n) is 4.55. The normalized spacial score (nSPS) is 10.3. The van der Waals surface area contributed by atoms with Crippen LogP contribution in [0.25, 0.3) is 22.6 Å². The lowest BCUT2D eigenvalue weighted by Gasteiger charge is -2.08. The van der Waals surface area contributed by atoms with Crippen LogP contribution in [0.3, 0.4) is 0 Å². The molecule has 0 saturated carbocycles. The number of methoxy groups -OCH3 is 1. The van der Waals surface area contributed by atoms with Gasteiger partial charge in [-0.05, 0) is 12.1 Å². The summed E-state index contributed by atoms with van der Waals surface area (Å²) in [7, 11) is 1.60. The predicted molar refractivity (Wildman–Crippen MR) is 82.3 cm³/mol. The van der Waals surface area contributed by atoms with Crippen LogP contribution in [-0.4, -0.2) is 17.1 Å². The van der Waals surface area contributed by atoms with Gasteiger partial charge in [0.2, 0.25) is 0 Å². The van der Waals surface area contributed by atoms with Gasteiger partial charge in [-0.3, -0.25) is 4.79 Å². The summed E-state index contributed by atoms with van der Waals surface area (Å²) in [5.41, 5.74) is 2.06. The van der Waals surface area contributed by atoms with Crippen LogP contribution in [-0.2, 0) is 0 Å². The van der Waals surface area contributed by atoms with Crippen molar-refractivity contribution in [2.24, 2.45) is 0 Å². The highest BCUT2D eigenvalue weighted by Crippen LogP contribution is 2.28. The maximum atomic E-state index is 11.9. The summed E-state index contributed by atoms with van der Waals surface area (Å²) in [5.74, 6) is 1.23. The molecule has 0 aliphatic rings. The van der Waals surface area contributed by atoms with Crippen molar-refractivity contribution in [2.45, 2.75) is 0 Å². The maximum absolute atomic E-state index is 11.9. The summed E-state index contributed by atoms with van der Waals surface area (Å²) in [4.78, 5) is 19.2. The zero-order chi connectivity index (χ0) is 14.7. The Morgan fingerprint density at radius 2 is 1.71 bits per heavy atom. The SMILES string of the molecule is COc1ccccc1-c1cc(=O)[nH]c(-c2ccccc2)n1. The standard InChI is InChI=1S/C17H14N2O2/c1-21-15-10-6-5-9-13(15)14-11-16(20)19-17(18-14)12-7-3-2-4-8-12/h2-11H,1H3,(H,18,19,20). The number of rotatable bonds is 3. The molecule has 0 bridgehead atoms. The molecule has 0 fully saturated rings. The van der Waals surface area contributed by atoms with Crippen LogP contribution >= 0.6 is 0 Å². The van der Waals surface area contributed by atoms with Crippen LogP contribution < -0.4 is 10.3 Å². The van der Waals surface area contributed by atoms with Crippen molar-refractivity contribution < 1.29 is 4.74 Å². The molecule has 0 amide bonds. The molecular weight excluding hydrogens is 264 g/mol. The first-order valence-electron chi connectivity index (χ1n) is 6.58. The van der Waals surface area contributed by atoms with Crippen LogP contribution in [0.4, 0.5) is 0 Å². The first-order valence-corrected chi connectivity index (χ1v) is 6.58. The van der Waals surface area contributed by atoms with Gasteiger partial charge in [-0.2, -0.15) is 0 Å². The number of nitrogens with zero attached hydrogens (tertiary/aromatic N) is 1. The number of ether oxygens (including phenoxy) is 1. The molecule has 0 aliphatic heterocycles. The summed E-state index contributed by atoms with van der Waals surface area (Å²) in [5, 5.41) is 0. The van der Waals surface area contributed by atoms with Gasteiger partial charge in [0, 0.05) is 17.2 Å². The molecule has 2 aromatic carbocycles. The zero-order valence-corrected chi connectivity index (χ0v) is 11.5. The Balaban J connectivity index is 2.17. The largest absolute Gasteiger partial charge is 0.496 e. The smallest absolute Gasteiger partial charge is 0.251 e. The number of hydrogen-bond donors (Lipinski definition) is 1. The molecular formula is C17H14N2O2. The highest BCUT2D eigenvalue weighted by atomic mass is 16.5. The quantitative estimate of drug-likeness (QED) is 0.801. The highest BCUT2D eigenvalue weighted by Gasteiger charge is 2.09. The molecule has 0 spiro atoms. The van der Waals surface area contributed by atoms with Gasteiger partial charge in [-0.15, -0.1) is 0 Å². The molecule has 0 atom stereocenters. The van der Waals surface area contributed by atoms with Crippen molar-refractivity contribution in [2.75, 3.05) is 7.11 Å². The molecule has 3 aromatic rings. The van der Waals surface area contributed by atoms with Gasteiger partial charge in [-0.1, -0.05) is 42.5 Å². The Bertz CT molecular complexity index is 810. The molecule has 0 radical (unpaired) electrons. The van der Waals surface area contributed by atoms with E-state index in [1.165, 1.54) is 6.07 Å². The summed E-state index contributed by atoms with van der Waals surface area (Å²) in [6.45, 7) is 0. The fourth-order valence-corrected chi connectivity index (χ4v) is 2.18. The predicted octanol–water partition coefficient (Wildman–Crippen LogP) is 3.11. The highest BCUT2D eigenvalue weighted by molar-refractivity contribution is 5.68. The van der Waals surface area contributed by atoms with Crippen molar-refractivity contribution in [1.82, 2.24) is 9.97 Å². The third-order valence-corrected chi connectivity index (χ3v) is 3.17. The van der Waals surface area contributed by atoms with Crippen molar-refractivity contribution in [3.8, 4) is 28.4 Å². The minimum Gasteiger partial charge on any atom is -0.496 e. The average molecular weight is 278 g/mol. The van der Waals surface area contributed by atoms with E-state index in [1.807, 2.05) is 54.6 Å². The van der Waals surface area contributed by atoms with Gasteiger partial charge in [-0.25, -0.2) is 4.98 Å². The van der Waals surface area contributed by atoms with Crippen molar-refractivity contribution in [3.05, 3.63) is 71.0 Å². The molecule has 1 heterocycles. The Labute approximate surface area is 122 Å². The van der Waals surface area contributed by atoms with Gasteiger partial charge in [0.25, 0.3) is 5.56 Å². The van der Waals surface area contributed by atoms with E-state index in [0.29, 0.717) is 17.3 Å². The number of aromatic amines is 1. The van der Waals surface area contributed by atoms with Crippen LogP contribution in [0.15, 0.2) is 65.5 Å². The maximum Gasteiger partial charge on any atom is 0.251 e. The number of para-hydroxylation sites is 1. The van der Waals surface area contributed by atoms with Crippen LogP contribution in [0.5, 0.6) is 5.75 Å². The Morgan fingerprint density at radius 3 is 2.48 bits per heavy atom. The molecule has 0 aliphatic carbocycles. The summed E-state index contributed by atoms with van der Waals surface area (Å²) in [6, 6.07) is 18.5. The molecule has 4 nitrogen and oxygen atoms in total. The molecule has 1 N–H and O–H groups in total. The topological polar surface area (TPSA) is 55.0 Å². The van der Waals surface area contributed by atoms with Crippen LogP contribution in [0.1, 0.15) is 0 Å². The second kappa shape index (κ2) is 5.63. The van der Waals surface area contributed by atoms with E-state index < -0.39 is 0 Å². The van der Waals surface area contributed by atoms with Crippen LogP contribution in [0, 0.1) is 0 Å². The molecule has 104 valence electrons. The summed E-state index contributed by atoms with van der Waals surface area (Å²) in [6.07, 6.45) is 0. The fourth-order valence-electron chi connectivity index (χ4n) is 2.18. The Kier molecular flexibility index (Phi) is 3.51. The average Bonchev–Trinajstić information content (AvgIpc) is 2.55. The number of nitrogens with one attached hydrogen (secondary N) is 1. The molecule has 4 heteroatoms. The molecule has 21 heavy (non-hydrogen) atoms. The van der Waals surface area contributed by atoms with Gasteiger partial charge in [0.1, 0.15) is 11.6 Å². The molecule has 0 saturated heterocycles. The third-order valence-electron chi connectivity index (χ3n) is 3.17. The number of aromatic nitrogens is 2. The van der Waals surface area contributed by atoms with Crippen molar-refractivity contribution in [3.63, 3.8) is 0 Å². The Hall–Kier alpha value is -2.88.